The van der Waals surface area contributed by atoms with Gasteiger partial charge in [0.2, 0.25) is 0 Å². The van der Waals surface area contributed by atoms with Crippen molar-refractivity contribution in [1.29, 1.82) is 0 Å². The Bertz CT molecular complexity index is 230. The van der Waals surface area contributed by atoms with Gasteiger partial charge < -0.3 is 0 Å². The van der Waals surface area contributed by atoms with Gasteiger partial charge in [-0.3, -0.25) is 0 Å². The molecule has 0 spiro atoms. The molecule has 0 aliphatic rings. The summed E-state index contributed by atoms with van der Waals surface area (Å²) in [5.74, 6) is -0.586. The first-order valence-corrected chi connectivity index (χ1v) is 3.49. The summed E-state index contributed by atoms with van der Waals surface area (Å²) >= 11 is 7.13. The fourth-order valence-electron chi connectivity index (χ4n) is 0.326. The van der Waals surface area contributed by atoms with Crippen LogP contribution in [0.4, 0.5) is 4.39 Å². The van der Waals surface area contributed by atoms with E-state index >= 15 is 0 Å². The van der Waals surface area contributed by atoms with Gasteiger partial charge in [-0.05, 0) is 0 Å². The molecular formula is C4HClFIN2. The third-order valence-corrected chi connectivity index (χ3v) is 1.46. The van der Waals surface area contributed by atoms with Crippen LogP contribution in [0, 0.1) is 9.65 Å². The largest absolute Gasteiger partial charge is 0.228 e. The lowest BCUT2D eigenvalue weighted by Gasteiger charge is -1.89. The first-order chi connectivity index (χ1) is 4.20. The smallest absolute Gasteiger partial charge is 0.192 e. The highest BCUT2D eigenvalue weighted by molar-refractivity contribution is 14.1. The topological polar surface area (TPSA) is 25.8 Å². The highest BCUT2D eigenvalue weighted by Crippen LogP contribution is 2.09. The first-order valence-electron chi connectivity index (χ1n) is 2.03. The Kier molecular flexibility index (Phi) is 2.18. The van der Waals surface area contributed by atoms with E-state index in [4.69, 9.17) is 11.6 Å². The predicted octanol–water partition coefficient (Wildman–Crippen LogP) is 1.87. The minimum absolute atomic E-state index is 0.130. The summed E-state index contributed by atoms with van der Waals surface area (Å²) in [6.45, 7) is 0. The molecular weight excluding hydrogens is 257 g/mol. The van der Waals surface area contributed by atoms with Crippen LogP contribution >= 0.6 is 34.2 Å². The molecule has 0 aliphatic heterocycles. The van der Waals surface area contributed by atoms with Crippen molar-refractivity contribution in [3.8, 4) is 0 Å². The Balaban J connectivity index is 3.17. The number of nitrogens with zero attached hydrogens (tertiary/aromatic N) is 2. The molecule has 0 amide bonds. The van der Waals surface area contributed by atoms with Gasteiger partial charge in [0.15, 0.2) is 14.8 Å². The van der Waals surface area contributed by atoms with Crippen molar-refractivity contribution < 1.29 is 4.39 Å². The van der Waals surface area contributed by atoms with Crippen molar-refractivity contribution in [3.05, 3.63) is 21.0 Å². The lowest BCUT2D eigenvalue weighted by molar-refractivity contribution is 0.612. The zero-order valence-electron chi connectivity index (χ0n) is 4.11. The minimum Gasteiger partial charge on any atom is -0.228 e. The fraction of sp³-hybridized carbons (Fsp3) is 0. The van der Waals surface area contributed by atoms with Gasteiger partial charge in [0.25, 0.3) is 0 Å². The third-order valence-electron chi connectivity index (χ3n) is 0.672. The Hall–Kier alpha value is 0.0300. The van der Waals surface area contributed by atoms with Gasteiger partial charge in [-0.25, -0.2) is 14.4 Å². The van der Waals surface area contributed by atoms with E-state index in [0.29, 0.717) is 3.83 Å². The van der Waals surface area contributed by atoms with Crippen LogP contribution in [0.2, 0.25) is 5.15 Å². The maximum Gasteiger partial charge on any atom is 0.192 e. The average molecular weight is 258 g/mol. The summed E-state index contributed by atoms with van der Waals surface area (Å²) in [5, 5.41) is -0.130. The van der Waals surface area contributed by atoms with E-state index in [2.05, 4.69) is 9.97 Å². The van der Waals surface area contributed by atoms with Crippen molar-refractivity contribution in [2.24, 2.45) is 0 Å². The van der Waals surface area contributed by atoms with Crippen LogP contribution in [-0.4, -0.2) is 9.97 Å². The quantitative estimate of drug-likeness (QED) is 0.403. The van der Waals surface area contributed by atoms with Crippen LogP contribution in [0.15, 0.2) is 6.20 Å². The molecule has 0 aromatic carbocycles. The van der Waals surface area contributed by atoms with E-state index in [1.165, 1.54) is 0 Å². The Morgan fingerprint density at radius 1 is 1.67 bits per heavy atom. The highest BCUT2D eigenvalue weighted by atomic mass is 127. The van der Waals surface area contributed by atoms with Crippen LogP contribution in [0.1, 0.15) is 0 Å². The van der Waals surface area contributed by atoms with Crippen molar-refractivity contribution in [3.63, 3.8) is 0 Å². The molecule has 0 bridgehead atoms. The van der Waals surface area contributed by atoms with Gasteiger partial charge in [-0.2, -0.15) is 0 Å². The summed E-state index contributed by atoms with van der Waals surface area (Å²) < 4.78 is 12.7. The second-order valence-electron chi connectivity index (χ2n) is 1.28. The molecule has 9 heavy (non-hydrogen) atoms. The molecule has 5 heteroatoms. The summed E-state index contributed by atoms with van der Waals surface area (Å²) in [6.07, 6.45) is 1.04. The van der Waals surface area contributed by atoms with Crippen molar-refractivity contribution in [2.45, 2.75) is 0 Å². The van der Waals surface area contributed by atoms with Crippen LogP contribution in [0.3, 0.4) is 0 Å². The molecule has 2 nitrogen and oxygen atoms in total. The maximum atomic E-state index is 12.2. The summed E-state index contributed by atoms with van der Waals surface area (Å²) in [4.78, 5) is 7.09. The predicted molar refractivity (Wildman–Crippen MR) is 39.7 cm³/mol. The molecule has 48 valence electrons. The molecule has 0 N–H and O–H groups in total. The molecule has 0 saturated heterocycles. The monoisotopic (exact) mass is 258 g/mol. The SMILES string of the molecule is Fc1cnc(I)nc1Cl. The van der Waals surface area contributed by atoms with Crippen LogP contribution in [-0.2, 0) is 0 Å². The normalized spacial score (nSPS) is 9.67. The molecule has 0 fully saturated rings. The standard InChI is InChI=1S/C4HClFIN2/c5-3-2(6)1-8-4(7)9-3/h1H. The molecule has 0 atom stereocenters. The van der Waals surface area contributed by atoms with Crippen molar-refractivity contribution in [1.82, 2.24) is 9.97 Å². The second kappa shape index (κ2) is 2.74. The minimum atomic E-state index is -0.586. The lowest BCUT2D eigenvalue weighted by Crippen LogP contribution is -1.89. The van der Waals surface area contributed by atoms with E-state index in [9.17, 15) is 4.39 Å². The number of hydrogen-bond donors (Lipinski definition) is 0. The Labute approximate surface area is 69.6 Å². The van der Waals surface area contributed by atoms with Gasteiger partial charge in [-0.15, -0.1) is 0 Å². The van der Waals surface area contributed by atoms with Crippen LogP contribution < -0.4 is 0 Å². The molecule has 0 unspecified atom stereocenters. The average Bonchev–Trinajstić information content (AvgIpc) is 1.80. The maximum absolute atomic E-state index is 12.2. The van der Waals surface area contributed by atoms with Gasteiger partial charge in [-0.1, -0.05) is 11.6 Å². The molecule has 0 aliphatic carbocycles. The molecule has 1 aromatic rings. The van der Waals surface area contributed by atoms with E-state index < -0.39 is 5.82 Å². The van der Waals surface area contributed by atoms with E-state index in [1.807, 2.05) is 22.6 Å². The summed E-state index contributed by atoms with van der Waals surface area (Å²) in [7, 11) is 0. The number of aromatic nitrogens is 2. The van der Waals surface area contributed by atoms with Crippen LogP contribution in [0.25, 0.3) is 0 Å². The molecule has 1 rings (SSSR count). The molecule has 0 saturated carbocycles. The first kappa shape index (κ1) is 7.14. The van der Waals surface area contributed by atoms with E-state index in [-0.39, 0.29) is 5.15 Å². The molecule has 1 heterocycles. The molecule has 1 aromatic heterocycles. The van der Waals surface area contributed by atoms with Crippen LogP contribution in [0.5, 0.6) is 0 Å². The van der Waals surface area contributed by atoms with Gasteiger partial charge >= 0.3 is 0 Å². The number of halogens is 3. The van der Waals surface area contributed by atoms with Crippen molar-refractivity contribution >= 4 is 34.2 Å². The van der Waals surface area contributed by atoms with Gasteiger partial charge in [0, 0.05) is 22.6 Å². The Morgan fingerprint density at radius 2 is 2.33 bits per heavy atom. The summed E-state index contributed by atoms with van der Waals surface area (Å²) in [6, 6.07) is 0. The number of rotatable bonds is 0. The van der Waals surface area contributed by atoms with Gasteiger partial charge in [0.05, 0.1) is 6.20 Å². The summed E-state index contributed by atoms with van der Waals surface area (Å²) in [5.41, 5.74) is 0. The Morgan fingerprint density at radius 3 is 2.78 bits per heavy atom. The van der Waals surface area contributed by atoms with Gasteiger partial charge in [0.1, 0.15) is 0 Å². The zero-order chi connectivity index (χ0) is 6.85. The third kappa shape index (κ3) is 1.72. The van der Waals surface area contributed by atoms with E-state index in [1.54, 1.807) is 0 Å². The second-order valence-corrected chi connectivity index (χ2v) is 2.60. The number of hydrogen-bond acceptors (Lipinski definition) is 2. The molecule has 0 radical (unpaired) electrons. The zero-order valence-corrected chi connectivity index (χ0v) is 7.02. The lowest BCUT2D eigenvalue weighted by atomic mass is 10.6. The van der Waals surface area contributed by atoms with Crippen molar-refractivity contribution in [2.75, 3.05) is 0 Å². The highest BCUT2D eigenvalue weighted by Gasteiger charge is 1.99. The van der Waals surface area contributed by atoms with E-state index in [0.717, 1.165) is 6.20 Å². The fourth-order valence-corrected chi connectivity index (χ4v) is 0.978.